The Labute approximate surface area is 243 Å². The quantitative estimate of drug-likeness (QED) is 0.232. The van der Waals surface area contributed by atoms with Gasteiger partial charge < -0.3 is 0 Å². The maximum atomic E-state index is 13.8. The highest BCUT2D eigenvalue weighted by Gasteiger charge is 2.44. The summed E-state index contributed by atoms with van der Waals surface area (Å²) in [4.78, 5) is 58.3. The molecule has 6 nitrogen and oxygen atoms in total. The minimum Gasteiger partial charge on any atom is -0.271 e. The zero-order valence-electron chi connectivity index (χ0n) is 24.8. The lowest BCUT2D eigenvalue weighted by atomic mass is 9.79. The lowest BCUT2D eigenvalue weighted by Crippen LogP contribution is -2.50. The van der Waals surface area contributed by atoms with E-state index in [1.165, 1.54) is 54.7 Å². The monoisotopic (exact) mass is 556 g/mol. The molecule has 0 bridgehead atoms. The van der Waals surface area contributed by atoms with Gasteiger partial charge in [0.15, 0.2) is 0 Å². The molecule has 0 N–H and O–H groups in total. The molecule has 2 fully saturated rings. The zero-order valence-corrected chi connectivity index (χ0v) is 24.8. The van der Waals surface area contributed by atoms with Gasteiger partial charge in [0.05, 0.1) is 0 Å². The summed E-state index contributed by atoms with van der Waals surface area (Å²) in [5.41, 5.74) is 1.76. The molecule has 2 aliphatic heterocycles. The summed E-state index contributed by atoms with van der Waals surface area (Å²) >= 11 is 0. The van der Waals surface area contributed by atoms with Crippen LogP contribution in [0.25, 0.3) is 10.8 Å². The highest BCUT2D eigenvalue weighted by atomic mass is 16.2. The Morgan fingerprint density at radius 3 is 1.20 bits per heavy atom. The Hall–Kier alpha value is -3.02. The van der Waals surface area contributed by atoms with Crippen molar-refractivity contribution in [3.05, 3.63) is 46.5 Å². The second-order valence-electron chi connectivity index (χ2n) is 13.0. The average Bonchev–Trinajstić information content (AvgIpc) is 2.99. The molecule has 41 heavy (non-hydrogen) atoms. The van der Waals surface area contributed by atoms with Gasteiger partial charge in [-0.2, -0.15) is 0 Å². The fourth-order valence-corrected chi connectivity index (χ4v) is 8.13. The topological polar surface area (TPSA) is 74.8 Å². The van der Waals surface area contributed by atoms with Crippen LogP contribution in [0.1, 0.15) is 152 Å². The number of hydrogen-bond acceptors (Lipinski definition) is 4. The van der Waals surface area contributed by atoms with E-state index < -0.39 is 0 Å². The molecule has 2 saturated carbocycles. The SMILES string of the molecule is CCCCCC1CCC(N2C(=O)c3ccc4c5c(ccc(c35)C2=O)C(=O)N(C2CCC(CCCC)CC2)C4=O)CC1. The molecule has 4 amide bonds. The third kappa shape index (κ3) is 4.91. The lowest BCUT2D eigenvalue weighted by Gasteiger charge is -2.40. The van der Waals surface area contributed by atoms with Gasteiger partial charge >= 0.3 is 0 Å². The van der Waals surface area contributed by atoms with Crippen LogP contribution in [0.5, 0.6) is 0 Å². The van der Waals surface area contributed by atoms with Crippen molar-refractivity contribution in [3.63, 3.8) is 0 Å². The third-order valence-electron chi connectivity index (χ3n) is 10.5. The second-order valence-corrected chi connectivity index (χ2v) is 13.0. The van der Waals surface area contributed by atoms with Gasteiger partial charge in [0.1, 0.15) is 0 Å². The van der Waals surface area contributed by atoms with Crippen LogP contribution in [-0.2, 0) is 0 Å². The predicted octanol–water partition coefficient (Wildman–Crippen LogP) is 7.92. The minimum atomic E-state index is -0.285. The molecule has 0 saturated heterocycles. The number of benzene rings is 2. The smallest absolute Gasteiger partial charge is 0.261 e. The molecule has 2 aromatic carbocycles. The van der Waals surface area contributed by atoms with Gasteiger partial charge in [0.25, 0.3) is 23.6 Å². The molecular formula is C35H44N2O4. The fraction of sp³-hybridized carbons (Fsp3) is 0.600. The molecule has 0 atom stereocenters. The highest BCUT2D eigenvalue weighted by Crippen LogP contribution is 2.42. The van der Waals surface area contributed by atoms with Crippen LogP contribution in [-0.4, -0.2) is 45.5 Å². The molecule has 2 aromatic rings. The van der Waals surface area contributed by atoms with Crippen LogP contribution in [0.3, 0.4) is 0 Å². The molecule has 2 aliphatic carbocycles. The summed E-state index contributed by atoms with van der Waals surface area (Å²) in [6, 6.07) is 6.68. The first kappa shape index (κ1) is 28.1. The number of rotatable bonds is 9. The van der Waals surface area contributed by atoms with Gasteiger partial charge in [-0.3, -0.25) is 29.0 Å². The first-order chi connectivity index (χ1) is 19.9. The first-order valence-corrected chi connectivity index (χ1v) is 16.3. The van der Waals surface area contributed by atoms with E-state index in [1.54, 1.807) is 24.3 Å². The molecule has 0 radical (unpaired) electrons. The van der Waals surface area contributed by atoms with Crippen LogP contribution < -0.4 is 0 Å². The van der Waals surface area contributed by atoms with E-state index in [9.17, 15) is 19.2 Å². The van der Waals surface area contributed by atoms with Crippen LogP contribution >= 0.6 is 0 Å². The number of imide groups is 2. The Kier molecular flexibility index (Phi) is 8.02. The van der Waals surface area contributed by atoms with E-state index in [2.05, 4.69) is 13.8 Å². The zero-order chi connectivity index (χ0) is 28.7. The Morgan fingerprint density at radius 2 is 0.854 bits per heavy atom. The number of carbonyl (C=O) groups is 4. The lowest BCUT2D eigenvalue weighted by molar-refractivity contribution is 0.0460. The molecule has 4 aliphatic rings. The van der Waals surface area contributed by atoms with E-state index in [0.717, 1.165) is 51.4 Å². The summed E-state index contributed by atoms with van der Waals surface area (Å²) < 4.78 is 0. The average molecular weight is 557 g/mol. The van der Waals surface area contributed by atoms with Crippen molar-refractivity contribution in [1.29, 1.82) is 0 Å². The van der Waals surface area contributed by atoms with Crippen molar-refractivity contribution < 1.29 is 19.2 Å². The number of unbranched alkanes of at least 4 members (excludes halogenated alkanes) is 3. The van der Waals surface area contributed by atoms with E-state index >= 15 is 0 Å². The minimum absolute atomic E-state index is 0.0980. The van der Waals surface area contributed by atoms with E-state index in [-0.39, 0.29) is 35.7 Å². The van der Waals surface area contributed by atoms with E-state index in [4.69, 9.17) is 0 Å². The third-order valence-corrected chi connectivity index (χ3v) is 10.5. The second kappa shape index (κ2) is 11.7. The van der Waals surface area contributed by atoms with Crippen LogP contribution in [0.2, 0.25) is 0 Å². The van der Waals surface area contributed by atoms with Crippen molar-refractivity contribution in [1.82, 2.24) is 9.80 Å². The molecule has 6 rings (SSSR count). The standard InChI is InChI=1S/C35H44N2O4/c1-3-5-7-9-23-12-16-25(17-13-23)37-34(40)28-20-18-26-30-27(19-21-29(31(28)30)35(37)41)33(39)36(32(26)38)24-14-10-22(11-15-24)8-6-4-2/h18-25H,3-17H2,1-2H3. The summed E-state index contributed by atoms with van der Waals surface area (Å²) in [6.45, 7) is 4.43. The number of amides is 4. The fourth-order valence-electron chi connectivity index (χ4n) is 8.13. The highest BCUT2D eigenvalue weighted by molar-refractivity contribution is 6.33. The molecule has 6 heteroatoms. The van der Waals surface area contributed by atoms with Crippen LogP contribution in [0, 0.1) is 11.8 Å². The Bertz CT molecular complexity index is 1290. The van der Waals surface area contributed by atoms with E-state index in [1.807, 2.05) is 0 Å². The van der Waals surface area contributed by atoms with Gasteiger partial charge in [-0.1, -0.05) is 58.8 Å². The summed E-state index contributed by atoms with van der Waals surface area (Å²) in [5.74, 6) is 0.217. The van der Waals surface area contributed by atoms with Crippen molar-refractivity contribution >= 4 is 34.4 Å². The van der Waals surface area contributed by atoms with Gasteiger partial charge in [0.2, 0.25) is 0 Å². The maximum Gasteiger partial charge on any atom is 0.261 e. The molecule has 218 valence electrons. The van der Waals surface area contributed by atoms with Gasteiger partial charge in [-0.05, 0) is 87.5 Å². The summed E-state index contributed by atoms with van der Waals surface area (Å²) in [7, 11) is 0. The Balaban J connectivity index is 1.25. The molecular weight excluding hydrogens is 512 g/mol. The number of nitrogens with zero attached hydrogens (tertiary/aromatic N) is 2. The molecule has 0 unspecified atom stereocenters. The normalized spacial score (nSPS) is 26.3. The number of hydrogen-bond donors (Lipinski definition) is 0. The van der Waals surface area contributed by atoms with Gasteiger partial charge in [-0.25, -0.2) is 0 Å². The van der Waals surface area contributed by atoms with Gasteiger partial charge in [-0.15, -0.1) is 0 Å². The summed E-state index contributed by atoms with van der Waals surface area (Å²) in [6.07, 6.45) is 16.1. The van der Waals surface area contributed by atoms with Crippen LogP contribution in [0.15, 0.2) is 24.3 Å². The van der Waals surface area contributed by atoms with Gasteiger partial charge in [0, 0.05) is 45.1 Å². The predicted molar refractivity (Wildman–Crippen MR) is 160 cm³/mol. The van der Waals surface area contributed by atoms with E-state index in [0.29, 0.717) is 44.9 Å². The van der Waals surface area contributed by atoms with Crippen molar-refractivity contribution in [2.45, 2.75) is 122 Å². The van der Waals surface area contributed by atoms with Crippen molar-refractivity contribution in [3.8, 4) is 0 Å². The Morgan fingerprint density at radius 1 is 0.512 bits per heavy atom. The summed E-state index contributed by atoms with van der Waals surface area (Å²) in [5, 5.41) is 0.980. The largest absolute Gasteiger partial charge is 0.271 e. The molecule has 2 heterocycles. The molecule has 0 spiro atoms. The molecule has 0 aromatic heterocycles. The van der Waals surface area contributed by atoms with Crippen molar-refractivity contribution in [2.24, 2.45) is 11.8 Å². The maximum absolute atomic E-state index is 13.8. The number of carbonyl (C=O) groups excluding carboxylic acids is 4. The van der Waals surface area contributed by atoms with Crippen LogP contribution in [0.4, 0.5) is 0 Å². The first-order valence-electron chi connectivity index (χ1n) is 16.3. The van der Waals surface area contributed by atoms with Crippen molar-refractivity contribution in [2.75, 3.05) is 0 Å².